The Morgan fingerprint density at radius 2 is 1.65 bits per heavy atom. The number of benzene rings is 2. The maximum Gasteiger partial charge on any atom is 0.408 e. The summed E-state index contributed by atoms with van der Waals surface area (Å²) in [5, 5.41) is 9.58. The van der Waals surface area contributed by atoms with Crippen molar-refractivity contribution in [1.82, 2.24) is 9.80 Å². The predicted octanol–water partition coefficient (Wildman–Crippen LogP) is 7.73. The van der Waals surface area contributed by atoms with Crippen molar-refractivity contribution in [1.29, 1.82) is 0 Å². The number of halogens is 6. The fraction of sp³-hybridized carbons (Fsp3) is 0.548. The molecule has 12 heteroatoms. The molecule has 3 fully saturated rings. The first-order valence-electron chi connectivity index (χ1n) is 14.6. The summed E-state index contributed by atoms with van der Waals surface area (Å²) in [5.41, 5.74) is 0.641. The van der Waals surface area contributed by atoms with Crippen LogP contribution in [0.15, 0.2) is 30.3 Å². The molecule has 3 aliphatic rings. The molecule has 0 radical (unpaired) electrons. The van der Waals surface area contributed by atoms with E-state index in [4.69, 9.17) is 27.9 Å². The molecular formula is C31H34Cl2F4N2O4. The number of carbonyl (C=O) groups is 2. The van der Waals surface area contributed by atoms with Gasteiger partial charge in [0.1, 0.15) is 17.6 Å². The van der Waals surface area contributed by atoms with Gasteiger partial charge < -0.3 is 14.7 Å². The lowest BCUT2D eigenvalue weighted by Gasteiger charge is -2.38. The van der Waals surface area contributed by atoms with E-state index in [1.807, 2.05) is 6.92 Å². The largest absolute Gasteiger partial charge is 0.493 e. The number of ether oxygens (including phenoxy) is 1. The molecule has 1 amide bonds. The number of piperidine rings is 1. The molecule has 2 aromatic rings. The molecule has 6 nitrogen and oxygen atoms in total. The molecule has 1 N–H and O–H groups in total. The summed E-state index contributed by atoms with van der Waals surface area (Å²) in [6, 6.07) is 4.42. The lowest BCUT2D eigenvalue weighted by Crippen LogP contribution is -2.43. The summed E-state index contributed by atoms with van der Waals surface area (Å²) in [4.78, 5) is 27.6. The van der Waals surface area contributed by atoms with E-state index in [0.717, 1.165) is 18.4 Å². The van der Waals surface area contributed by atoms with E-state index in [9.17, 15) is 27.9 Å². The predicted molar refractivity (Wildman–Crippen MR) is 154 cm³/mol. The van der Waals surface area contributed by atoms with Gasteiger partial charge in [-0.2, -0.15) is 13.2 Å². The van der Waals surface area contributed by atoms with E-state index in [-0.39, 0.29) is 65.0 Å². The van der Waals surface area contributed by atoms with Crippen LogP contribution in [-0.4, -0.2) is 65.2 Å². The van der Waals surface area contributed by atoms with Crippen LogP contribution in [-0.2, 0) is 4.79 Å². The summed E-state index contributed by atoms with van der Waals surface area (Å²) >= 11 is 12.0. The van der Waals surface area contributed by atoms with Crippen LogP contribution in [0.5, 0.6) is 5.75 Å². The number of amides is 1. The van der Waals surface area contributed by atoms with Gasteiger partial charge in [0, 0.05) is 28.7 Å². The first-order chi connectivity index (χ1) is 20.3. The van der Waals surface area contributed by atoms with Crippen molar-refractivity contribution in [2.24, 2.45) is 11.8 Å². The van der Waals surface area contributed by atoms with Crippen molar-refractivity contribution in [3.8, 4) is 5.75 Å². The Hall–Kier alpha value is -2.56. The zero-order valence-electron chi connectivity index (χ0n) is 23.7. The summed E-state index contributed by atoms with van der Waals surface area (Å²) < 4.78 is 63.8. The van der Waals surface area contributed by atoms with Crippen LogP contribution in [0.4, 0.5) is 17.6 Å². The number of nitrogens with zero attached hydrogens (tertiary/aromatic N) is 2. The van der Waals surface area contributed by atoms with E-state index in [1.165, 1.54) is 40.1 Å². The maximum atomic E-state index is 15.4. The quantitative estimate of drug-likeness (QED) is 0.283. The monoisotopic (exact) mass is 644 g/mol. The van der Waals surface area contributed by atoms with Crippen molar-refractivity contribution in [3.05, 3.63) is 62.9 Å². The third kappa shape index (κ3) is 7.40. The van der Waals surface area contributed by atoms with Gasteiger partial charge in [0.15, 0.2) is 0 Å². The van der Waals surface area contributed by atoms with Gasteiger partial charge in [-0.1, -0.05) is 30.1 Å². The number of hydrogen-bond donors (Lipinski definition) is 1. The Balaban J connectivity index is 1.25. The van der Waals surface area contributed by atoms with Crippen molar-refractivity contribution in [2.75, 3.05) is 26.2 Å². The average Bonchev–Trinajstić information content (AvgIpc) is 3.70. The topological polar surface area (TPSA) is 70.1 Å². The second kappa shape index (κ2) is 12.8. The van der Waals surface area contributed by atoms with Gasteiger partial charge in [-0.3, -0.25) is 14.5 Å². The van der Waals surface area contributed by atoms with E-state index < -0.39 is 36.0 Å². The van der Waals surface area contributed by atoms with Gasteiger partial charge in [-0.05, 0) is 98.3 Å². The van der Waals surface area contributed by atoms with E-state index in [1.54, 1.807) is 0 Å². The SMILES string of the molecule is C[C@H]1CCN(C(=O)c2cc(C3CC3)c(OCC3CCN([C@@H](c4cc(Cl)cc(Cl)c4)C(F)(F)F)CC3)cc2F)[C@@H]1CC(=O)O. The highest BCUT2D eigenvalue weighted by molar-refractivity contribution is 6.34. The molecule has 2 heterocycles. The zero-order chi connectivity index (χ0) is 31.1. The second-order valence-corrected chi connectivity index (χ2v) is 12.9. The van der Waals surface area contributed by atoms with Crippen molar-refractivity contribution < 1.29 is 37.0 Å². The van der Waals surface area contributed by atoms with Crippen LogP contribution >= 0.6 is 23.2 Å². The van der Waals surface area contributed by atoms with E-state index in [2.05, 4.69) is 0 Å². The highest BCUT2D eigenvalue weighted by atomic mass is 35.5. The minimum atomic E-state index is -4.52. The molecule has 0 bridgehead atoms. The minimum absolute atomic E-state index is 0.00319. The highest BCUT2D eigenvalue weighted by Gasteiger charge is 2.46. The third-order valence-corrected chi connectivity index (χ3v) is 9.31. The number of rotatable bonds is 9. The van der Waals surface area contributed by atoms with Crippen LogP contribution in [0.3, 0.4) is 0 Å². The summed E-state index contributed by atoms with van der Waals surface area (Å²) in [6.07, 6.45) is -1.40. The van der Waals surface area contributed by atoms with Crippen molar-refractivity contribution in [2.45, 2.75) is 69.6 Å². The van der Waals surface area contributed by atoms with Crippen LogP contribution in [0, 0.1) is 17.7 Å². The van der Waals surface area contributed by atoms with E-state index >= 15 is 4.39 Å². The van der Waals surface area contributed by atoms with Crippen LogP contribution in [0.2, 0.25) is 10.0 Å². The van der Waals surface area contributed by atoms with Gasteiger partial charge in [0.05, 0.1) is 18.6 Å². The summed E-state index contributed by atoms with van der Waals surface area (Å²) in [7, 11) is 0. The number of alkyl halides is 3. The first-order valence-corrected chi connectivity index (χ1v) is 15.3. The smallest absolute Gasteiger partial charge is 0.408 e. The number of carbonyl (C=O) groups excluding carboxylic acids is 1. The molecule has 2 saturated heterocycles. The fourth-order valence-corrected chi connectivity index (χ4v) is 6.95. The molecule has 43 heavy (non-hydrogen) atoms. The number of carboxylic acid groups (broad SMARTS) is 1. The van der Waals surface area contributed by atoms with E-state index in [0.29, 0.717) is 31.6 Å². The van der Waals surface area contributed by atoms with Crippen LogP contribution in [0.25, 0.3) is 0 Å². The van der Waals surface area contributed by atoms with Crippen molar-refractivity contribution in [3.63, 3.8) is 0 Å². The minimum Gasteiger partial charge on any atom is -0.493 e. The van der Waals surface area contributed by atoms with Crippen molar-refractivity contribution >= 4 is 35.1 Å². The standard InChI is InChI=1S/C31H34Cl2F4N2O4/c1-17-4-9-39(26(17)15-28(40)41)30(42)24-13-23(19-2-3-19)27(14-25(24)34)43-16-18-5-7-38(8-6-18)29(31(35,36)37)20-10-21(32)12-22(33)11-20/h10-14,17-19,26,29H,2-9,15-16H2,1H3,(H,40,41)/t17-,26+,29-/m0/s1. The molecule has 0 spiro atoms. The third-order valence-electron chi connectivity index (χ3n) is 8.87. The molecule has 0 aromatic heterocycles. The van der Waals surface area contributed by atoms with Gasteiger partial charge >= 0.3 is 12.1 Å². The molecular weight excluding hydrogens is 611 g/mol. The maximum absolute atomic E-state index is 15.4. The molecule has 234 valence electrons. The number of likely N-dealkylation sites (tertiary alicyclic amines) is 2. The number of aliphatic carboxylic acids is 1. The fourth-order valence-electron chi connectivity index (χ4n) is 6.40. The molecule has 2 aromatic carbocycles. The number of carboxylic acids is 1. The Kier molecular flexibility index (Phi) is 9.49. The Morgan fingerprint density at radius 3 is 2.23 bits per heavy atom. The molecule has 1 aliphatic carbocycles. The lowest BCUT2D eigenvalue weighted by atomic mass is 9.94. The Bertz CT molecular complexity index is 1340. The molecule has 5 rings (SSSR count). The lowest BCUT2D eigenvalue weighted by molar-refractivity contribution is -0.190. The summed E-state index contributed by atoms with van der Waals surface area (Å²) in [5.74, 6) is -1.82. The van der Waals surface area contributed by atoms with Gasteiger partial charge in [0.25, 0.3) is 5.91 Å². The molecule has 1 saturated carbocycles. The van der Waals surface area contributed by atoms with Gasteiger partial charge in [-0.25, -0.2) is 4.39 Å². The average molecular weight is 646 g/mol. The second-order valence-electron chi connectivity index (χ2n) is 12.0. The Labute approximate surface area is 257 Å². The van der Waals surface area contributed by atoms with Gasteiger partial charge in [0.2, 0.25) is 0 Å². The normalized spacial score (nSPS) is 22.5. The molecule has 3 atom stereocenters. The van der Waals surface area contributed by atoms with Gasteiger partial charge in [-0.15, -0.1) is 0 Å². The Morgan fingerprint density at radius 1 is 1.00 bits per heavy atom. The number of hydrogen-bond acceptors (Lipinski definition) is 4. The zero-order valence-corrected chi connectivity index (χ0v) is 25.2. The van der Waals surface area contributed by atoms with Crippen LogP contribution in [0.1, 0.15) is 78.9 Å². The van der Waals surface area contributed by atoms with Crippen LogP contribution < -0.4 is 4.74 Å². The first kappa shape index (κ1) is 31.9. The highest BCUT2D eigenvalue weighted by Crippen LogP contribution is 2.46. The summed E-state index contributed by atoms with van der Waals surface area (Å²) in [6.45, 7) is 2.85. The molecule has 2 aliphatic heterocycles. The molecule has 0 unspecified atom stereocenters.